The number of ether oxygens (including phenoxy) is 1. The van der Waals surface area contributed by atoms with Crippen LogP contribution >= 0.6 is 12.4 Å². The largest absolute Gasteiger partial charge is 0.497 e. The van der Waals surface area contributed by atoms with Crippen molar-refractivity contribution in [2.45, 2.75) is 57.2 Å². The Labute approximate surface area is 183 Å². The topological polar surface area (TPSA) is 83.5 Å². The highest BCUT2D eigenvalue weighted by molar-refractivity contribution is 5.93. The molecule has 1 aromatic carbocycles. The Balaban J connectivity index is 0.00000256. The molecule has 1 fully saturated rings. The number of methoxy groups -OCH3 is 1. The maximum Gasteiger partial charge on any atom is 0.270 e. The van der Waals surface area contributed by atoms with E-state index in [1.54, 1.807) is 7.11 Å². The second-order valence-corrected chi connectivity index (χ2v) is 7.98. The van der Waals surface area contributed by atoms with Crippen molar-refractivity contribution in [3.05, 3.63) is 58.4 Å². The van der Waals surface area contributed by atoms with Gasteiger partial charge in [0.05, 0.1) is 24.9 Å². The highest BCUT2D eigenvalue weighted by Crippen LogP contribution is 2.24. The molecular weight excluding hydrogens is 402 g/mol. The first kappa shape index (κ1) is 22.5. The summed E-state index contributed by atoms with van der Waals surface area (Å²) in [6, 6.07) is 9.79. The monoisotopic (exact) mass is 431 g/mol. The first-order valence-corrected chi connectivity index (χ1v) is 10.5. The highest BCUT2D eigenvalue weighted by atomic mass is 35.5. The van der Waals surface area contributed by atoms with Crippen molar-refractivity contribution in [3.63, 3.8) is 0 Å². The third kappa shape index (κ3) is 5.12. The summed E-state index contributed by atoms with van der Waals surface area (Å²) in [6.07, 6.45) is 4.81. The number of benzene rings is 1. The average molecular weight is 432 g/mol. The Morgan fingerprint density at radius 1 is 1.27 bits per heavy atom. The standard InChI is InChI=1S/C23H29N3O3.ClH/c1-29-17-8-6-15(7-9-17)12-16-13-20(25-21-14-24-11-10-18(16)21)23(28)26-19-4-2-3-5-22(19)27;/h6-9,13,19,22,24,27H,2-5,10-12,14H2,1H3,(H,26,28);1H/t19-,22-;/m0./s1. The summed E-state index contributed by atoms with van der Waals surface area (Å²) >= 11 is 0. The van der Waals surface area contributed by atoms with Crippen molar-refractivity contribution in [1.29, 1.82) is 0 Å². The zero-order chi connectivity index (χ0) is 20.2. The summed E-state index contributed by atoms with van der Waals surface area (Å²) in [7, 11) is 1.66. The fraction of sp³-hybridized carbons (Fsp3) is 0.478. The Morgan fingerprint density at radius 3 is 2.77 bits per heavy atom. The number of hydrogen-bond donors (Lipinski definition) is 3. The average Bonchev–Trinajstić information content (AvgIpc) is 2.76. The number of rotatable bonds is 5. The van der Waals surface area contributed by atoms with Crippen LogP contribution in [0.2, 0.25) is 0 Å². The van der Waals surface area contributed by atoms with Gasteiger partial charge in [-0.25, -0.2) is 4.98 Å². The van der Waals surface area contributed by atoms with Gasteiger partial charge in [0, 0.05) is 6.54 Å². The summed E-state index contributed by atoms with van der Waals surface area (Å²) in [5.74, 6) is 0.640. The van der Waals surface area contributed by atoms with Crippen molar-refractivity contribution in [2.24, 2.45) is 0 Å². The number of aliphatic hydroxyl groups is 1. The van der Waals surface area contributed by atoms with Gasteiger partial charge in [0.1, 0.15) is 11.4 Å². The van der Waals surface area contributed by atoms with Crippen LogP contribution in [0.5, 0.6) is 5.75 Å². The van der Waals surface area contributed by atoms with Gasteiger partial charge in [-0.15, -0.1) is 12.4 Å². The van der Waals surface area contributed by atoms with E-state index < -0.39 is 6.10 Å². The van der Waals surface area contributed by atoms with Crippen LogP contribution in [0.15, 0.2) is 30.3 Å². The van der Waals surface area contributed by atoms with Crippen LogP contribution in [0.25, 0.3) is 0 Å². The lowest BCUT2D eigenvalue weighted by atomic mass is 9.92. The predicted octanol–water partition coefficient (Wildman–Crippen LogP) is 2.78. The Bertz CT molecular complexity index is 873. The molecule has 7 heteroatoms. The molecule has 2 heterocycles. The molecule has 4 rings (SSSR count). The molecule has 0 unspecified atom stereocenters. The Hall–Kier alpha value is -2.15. The van der Waals surface area contributed by atoms with E-state index in [0.29, 0.717) is 12.2 Å². The molecule has 1 aliphatic carbocycles. The van der Waals surface area contributed by atoms with E-state index in [9.17, 15) is 9.90 Å². The van der Waals surface area contributed by atoms with Crippen LogP contribution in [0, 0.1) is 0 Å². The number of hydrogen-bond acceptors (Lipinski definition) is 5. The fourth-order valence-corrected chi connectivity index (χ4v) is 4.31. The van der Waals surface area contributed by atoms with Gasteiger partial charge in [0.2, 0.25) is 0 Å². The number of fused-ring (bicyclic) bond motifs is 1. The van der Waals surface area contributed by atoms with Gasteiger partial charge in [0.15, 0.2) is 0 Å². The molecule has 30 heavy (non-hydrogen) atoms. The third-order valence-corrected chi connectivity index (χ3v) is 5.98. The van der Waals surface area contributed by atoms with Crippen LogP contribution in [-0.2, 0) is 19.4 Å². The summed E-state index contributed by atoms with van der Waals surface area (Å²) < 4.78 is 5.25. The van der Waals surface area contributed by atoms with E-state index in [2.05, 4.69) is 27.8 Å². The van der Waals surface area contributed by atoms with Gasteiger partial charge in [-0.1, -0.05) is 25.0 Å². The quantitative estimate of drug-likeness (QED) is 0.678. The third-order valence-electron chi connectivity index (χ3n) is 5.98. The summed E-state index contributed by atoms with van der Waals surface area (Å²) in [5, 5.41) is 16.6. The van der Waals surface area contributed by atoms with Gasteiger partial charge in [-0.2, -0.15) is 0 Å². The number of nitrogens with one attached hydrogen (secondary N) is 2. The maximum atomic E-state index is 12.9. The first-order valence-electron chi connectivity index (χ1n) is 10.5. The minimum Gasteiger partial charge on any atom is -0.497 e. The fourth-order valence-electron chi connectivity index (χ4n) is 4.31. The molecule has 3 N–H and O–H groups in total. The van der Waals surface area contributed by atoms with Crippen molar-refractivity contribution in [3.8, 4) is 5.75 Å². The minimum atomic E-state index is -0.467. The number of carbonyl (C=O) groups excluding carboxylic acids is 1. The number of aromatic nitrogens is 1. The van der Waals surface area contributed by atoms with Gasteiger partial charge in [0.25, 0.3) is 5.91 Å². The van der Waals surface area contributed by atoms with E-state index >= 15 is 0 Å². The number of amides is 1. The van der Waals surface area contributed by atoms with E-state index in [1.807, 2.05) is 18.2 Å². The van der Waals surface area contributed by atoms with Crippen LogP contribution in [0.1, 0.15) is 58.6 Å². The smallest absolute Gasteiger partial charge is 0.270 e. The SMILES string of the molecule is COc1ccc(Cc2cc(C(=O)N[C@H]3CCCC[C@@H]3O)nc3c2CCNC3)cc1.Cl. The molecule has 2 atom stereocenters. The molecule has 0 bridgehead atoms. The van der Waals surface area contributed by atoms with Crippen LogP contribution in [0.4, 0.5) is 0 Å². The van der Waals surface area contributed by atoms with E-state index in [1.165, 1.54) is 11.1 Å². The molecule has 6 nitrogen and oxygen atoms in total. The van der Waals surface area contributed by atoms with Crippen LogP contribution in [0.3, 0.4) is 0 Å². The molecule has 2 aliphatic rings. The summed E-state index contributed by atoms with van der Waals surface area (Å²) in [5.41, 5.74) is 4.96. The lowest BCUT2D eigenvalue weighted by molar-refractivity contribution is 0.0713. The Kier molecular flexibility index (Phi) is 7.69. The normalized spacial score (nSPS) is 20.6. The van der Waals surface area contributed by atoms with E-state index in [4.69, 9.17) is 4.74 Å². The molecule has 0 saturated heterocycles. The predicted molar refractivity (Wildman–Crippen MR) is 118 cm³/mol. The van der Waals surface area contributed by atoms with Crippen molar-refractivity contribution in [1.82, 2.24) is 15.6 Å². The van der Waals surface area contributed by atoms with Gasteiger partial charge in [-0.3, -0.25) is 4.79 Å². The molecule has 0 radical (unpaired) electrons. The van der Waals surface area contributed by atoms with Gasteiger partial charge >= 0.3 is 0 Å². The summed E-state index contributed by atoms with van der Waals surface area (Å²) in [6.45, 7) is 1.60. The highest BCUT2D eigenvalue weighted by Gasteiger charge is 2.26. The lowest BCUT2D eigenvalue weighted by Crippen LogP contribution is -2.45. The maximum absolute atomic E-state index is 12.9. The van der Waals surface area contributed by atoms with Crippen molar-refractivity contribution in [2.75, 3.05) is 13.7 Å². The number of carbonyl (C=O) groups is 1. The van der Waals surface area contributed by atoms with Gasteiger partial charge < -0.3 is 20.5 Å². The van der Waals surface area contributed by atoms with Crippen molar-refractivity contribution < 1.29 is 14.6 Å². The summed E-state index contributed by atoms with van der Waals surface area (Å²) in [4.78, 5) is 17.6. The molecular formula is C23H30ClN3O3. The molecule has 0 spiro atoms. The second-order valence-electron chi connectivity index (χ2n) is 7.98. The minimum absolute atomic E-state index is 0. The van der Waals surface area contributed by atoms with E-state index in [0.717, 1.165) is 62.1 Å². The van der Waals surface area contributed by atoms with Crippen LogP contribution < -0.4 is 15.4 Å². The zero-order valence-electron chi connectivity index (χ0n) is 17.3. The Morgan fingerprint density at radius 2 is 2.03 bits per heavy atom. The van der Waals surface area contributed by atoms with E-state index in [-0.39, 0.29) is 24.4 Å². The molecule has 1 aliphatic heterocycles. The molecule has 162 valence electrons. The van der Waals surface area contributed by atoms with Crippen molar-refractivity contribution >= 4 is 18.3 Å². The molecule has 1 aromatic heterocycles. The number of aliphatic hydroxyl groups excluding tert-OH is 1. The van der Waals surface area contributed by atoms with Crippen LogP contribution in [-0.4, -0.2) is 41.8 Å². The lowest BCUT2D eigenvalue weighted by Gasteiger charge is -2.28. The zero-order valence-corrected chi connectivity index (χ0v) is 18.1. The first-order chi connectivity index (χ1) is 14.1. The number of pyridine rings is 1. The second kappa shape index (κ2) is 10.2. The molecule has 1 saturated carbocycles. The van der Waals surface area contributed by atoms with Gasteiger partial charge in [-0.05, 0) is 67.1 Å². The number of nitrogens with zero attached hydrogens (tertiary/aromatic N) is 1. The number of halogens is 1. The molecule has 2 aromatic rings. The molecule has 1 amide bonds.